The number of hydroxylamine groups is 1. The van der Waals surface area contributed by atoms with Gasteiger partial charge in [-0.2, -0.15) is 0 Å². The first kappa shape index (κ1) is 22.8. The number of esters is 1. The van der Waals surface area contributed by atoms with Gasteiger partial charge in [-0.25, -0.2) is 32.7 Å². The van der Waals surface area contributed by atoms with Crippen LogP contribution in [0.25, 0.3) is 0 Å². The van der Waals surface area contributed by atoms with E-state index < -0.39 is 26.9 Å². The number of urea groups is 1. The third-order valence-electron chi connectivity index (χ3n) is 3.46. The molecule has 1 aromatic heterocycles. The number of aryl methyl sites for hydroxylation is 2. The highest BCUT2D eigenvalue weighted by Gasteiger charge is 2.25. The fourth-order valence-electron chi connectivity index (χ4n) is 2.33. The van der Waals surface area contributed by atoms with Gasteiger partial charge >= 0.3 is 12.0 Å². The van der Waals surface area contributed by atoms with Crippen molar-refractivity contribution in [3.8, 4) is 0 Å². The Bertz CT molecular complexity index is 1060. The molecule has 0 saturated carbocycles. The number of anilines is 1. The number of amides is 2. The second kappa shape index (κ2) is 9.80. The molecule has 2 amide bonds. The van der Waals surface area contributed by atoms with Gasteiger partial charge in [0.2, 0.25) is 5.95 Å². The second-order valence-electron chi connectivity index (χ2n) is 6.00. The van der Waals surface area contributed by atoms with Gasteiger partial charge in [-0.15, -0.1) is 0 Å². The van der Waals surface area contributed by atoms with E-state index in [1.165, 1.54) is 44.5 Å². The van der Waals surface area contributed by atoms with E-state index in [1.807, 2.05) is 4.72 Å². The first-order chi connectivity index (χ1) is 14.1. The number of aromatic nitrogens is 2. The normalized spacial score (nSPS) is 11.5. The quantitative estimate of drug-likeness (QED) is 0.336. The summed E-state index contributed by atoms with van der Waals surface area (Å²) >= 11 is 0. The highest BCUT2D eigenvalue weighted by atomic mass is 32.2. The molecule has 0 bridgehead atoms. The zero-order valence-electron chi connectivity index (χ0n) is 16.7. The average Bonchev–Trinajstić information content (AvgIpc) is 2.65. The molecule has 0 aliphatic carbocycles. The summed E-state index contributed by atoms with van der Waals surface area (Å²) in [6.07, 6.45) is 1.27. The van der Waals surface area contributed by atoms with Crippen LogP contribution in [0.15, 0.2) is 47.2 Å². The molecule has 2 aromatic rings. The molecule has 0 atom stereocenters. The van der Waals surface area contributed by atoms with Crippen LogP contribution >= 0.6 is 0 Å². The van der Waals surface area contributed by atoms with Crippen molar-refractivity contribution in [3.05, 3.63) is 59.2 Å². The number of carbonyl (C=O) groups is 2. The second-order valence-corrected chi connectivity index (χ2v) is 7.65. The van der Waals surface area contributed by atoms with Crippen molar-refractivity contribution in [2.24, 2.45) is 0 Å². The first-order valence-electron chi connectivity index (χ1n) is 8.55. The molecule has 0 radical (unpaired) electrons. The summed E-state index contributed by atoms with van der Waals surface area (Å²) < 4.78 is 32.3. The summed E-state index contributed by atoms with van der Waals surface area (Å²) in [6, 6.07) is 5.92. The number of ether oxygens (including phenoxy) is 1. The van der Waals surface area contributed by atoms with E-state index in [9.17, 15) is 18.0 Å². The summed E-state index contributed by atoms with van der Waals surface area (Å²) in [6.45, 7) is 4.88. The Morgan fingerprint density at radius 2 is 1.73 bits per heavy atom. The highest BCUT2D eigenvalue weighted by molar-refractivity contribution is 7.90. The molecule has 0 unspecified atom stereocenters. The fourth-order valence-corrected chi connectivity index (χ4v) is 3.43. The number of nitrogens with zero attached hydrogens (tertiary/aromatic N) is 2. The Balaban J connectivity index is 2.21. The first-order valence-corrected chi connectivity index (χ1v) is 10.0. The Labute approximate surface area is 173 Å². The largest absolute Gasteiger partial charge is 0.426 e. The molecule has 0 aliphatic rings. The van der Waals surface area contributed by atoms with Gasteiger partial charge in [0, 0.05) is 11.4 Å². The van der Waals surface area contributed by atoms with Gasteiger partial charge in [0.1, 0.15) is 10.7 Å². The molecular formula is C18H21N5O6S. The van der Waals surface area contributed by atoms with Crippen LogP contribution in [0.1, 0.15) is 28.7 Å². The SMILES string of the molecule is CONC=C(C)OC(=O)c1ccccc1S(=O)(=O)NC(=O)Nc1nc(C)cc(C)n1. The molecule has 2 rings (SSSR count). The summed E-state index contributed by atoms with van der Waals surface area (Å²) in [4.78, 5) is 36.8. The molecule has 30 heavy (non-hydrogen) atoms. The molecule has 0 spiro atoms. The molecule has 11 nitrogen and oxygen atoms in total. The van der Waals surface area contributed by atoms with Crippen LogP contribution in [0, 0.1) is 13.8 Å². The Morgan fingerprint density at radius 3 is 2.37 bits per heavy atom. The standard InChI is InChI=1S/C18H21N5O6S/c1-11-9-12(2)21-17(20-11)22-18(25)23-30(26,27)15-8-6-5-7-14(15)16(24)29-13(3)10-19-28-4/h5-10,19H,1-4H3,(H2,20,21,22,23,25). The minimum Gasteiger partial charge on any atom is -0.426 e. The monoisotopic (exact) mass is 435 g/mol. The molecule has 0 aliphatic heterocycles. The molecular weight excluding hydrogens is 414 g/mol. The fraction of sp³-hybridized carbons (Fsp3) is 0.222. The third kappa shape index (κ3) is 6.25. The van der Waals surface area contributed by atoms with E-state index in [4.69, 9.17) is 4.74 Å². The summed E-state index contributed by atoms with van der Waals surface area (Å²) in [5.74, 6) is -0.855. The number of hydrogen-bond acceptors (Lipinski definition) is 9. The van der Waals surface area contributed by atoms with Crippen molar-refractivity contribution in [2.75, 3.05) is 12.4 Å². The lowest BCUT2D eigenvalue weighted by Gasteiger charge is -2.12. The van der Waals surface area contributed by atoms with Crippen LogP contribution in [0.4, 0.5) is 10.7 Å². The molecule has 0 saturated heterocycles. The molecule has 1 aromatic carbocycles. The Kier molecular flexibility index (Phi) is 7.44. The van der Waals surface area contributed by atoms with E-state index in [-0.39, 0.29) is 17.3 Å². The predicted molar refractivity (Wildman–Crippen MR) is 107 cm³/mol. The van der Waals surface area contributed by atoms with E-state index >= 15 is 0 Å². The van der Waals surface area contributed by atoms with Crippen LogP contribution in [-0.2, 0) is 19.6 Å². The molecule has 1 heterocycles. The van der Waals surface area contributed by atoms with Gasteiger partial charge < -0.3 is 4.74 Å². The van der Waals surface area contributed by atoms with Crippen molar-refractivity contribution in [1.29, 1.82) is 0 Å². The van der Waals surface area contributed by atoms with Gasteiger partial charge in [-0.05, 0) is 39.0 Å². The zero-order chi connectivity index (χ0) is 22.3. The lowest BCUT2D eigenvalue weighted by atomic mass is 10.2. The maximum atomic E-state index is 12.7. The van der Waals surface area contributed by atoms with Crippen LogP contribution in [0.5, 0.6) is 0 Å². The number of allylic oxidation sites excluding steroid dienone is 1. The Morgan fingerprint density at radius 1 is 1.10 bits per heavy atom. The molecule has 12 heteroatoms. The summed E-state index contributed by atoms with van der Waals surface area (Å²) in [5.41, 5.74) is 3.31. The maximum absolute atomic E-state index is 12.7. The number of benzene rings is 1. The lowest BCUT2D eigenvalue weighted by molar-refractivity contribution is 0.0606. The molecule has 0 fully saturated rings. The zero-order valence-corrected chi connectivity index (χ0v) is 17.5. The van der Waals surface area contributed by atoms with Crippen molar-refractivity contribution in [1.82, 2.24) is 20.2 Å². The van der Waals surface area contributed by atoms with Gasteiger partial charge in [-0.1, -0.05) is 12.1 Å². The van der Waals surface area contributed by atoms with Gasteiger partial charge in [0.15, 0.2) is 0 Å². The highest BCUT2D eigenvalue weighted by Crippen LogP contribution is 2.18. The van der Waals surface area contributed by atoms with Crippen LogP contribution < -0.4 is 15.5 Å². The smallest absolute Gasteiger partial charge is 0.344 e. The van der Waals surface area contributed by atoms with Crippen LogP contribution in [0.3, 0.4) is 0 Å². The molecule has 160 valence electrons. The number of rotatable bonds is 7. The van der Waals surface area contributed by atoms with Gasteiger partial charge in [0.25, 0.3) is 10.0 Å². The minimum atomic E-state index is -4.41. The van der Waals surface area contributed by atoms with Crippen molar-refractivity contribution < 1.29 is 27.6 Å². The van der Waals surface area contributed by atoms with Crippen molar-refractivity contribution >= 4 is 28.0 Å². The van der Waals surface area contributed by atoms with E-state index in [0.29, 0.717) is 11.4 Å². The van der Waals surface area contributed by atoms with Crippen LogP contribution in [0.2, 0.25) is 0 Å². The van der Waals surface area contributed by atoms with E-state index in [1.54, 1.807) is 19.9 Å². The maximum Gasteiger partial charge on any atom is 0.344 e. The predicted octanol–water partition coefficient (Wildman–Crippen LogP) is 1.77. The number of carbonyl (C=O) groups excluding carboxylic acids is 2. The molecule has 3 N–H and O–H groups in total. The summed E-state index contributed by atoms with van der Waals surface area (Å²) in [5, 5.41) is 2.25. The van der Waals surface area contributed by atoms with Crippen molar-refractivity contribution in [2.45, 2.75) is 25.7 Å². The number of nitrogens with one attached hydrogen (secondary N) is 3. The van der Waals surface area contributed by atoms with Crippen LogP contribution in [-0.4, -0.2) is 37.5 Å². The Hall–Kier alpha value is -3.51. The van der Waals surface area contributed by atoms with Gasteiger partial charge in [0.05, 0.1) is 18.9 Å². The average molecular weight is 435 g/mol. The van der Waals surface area contributed by atoms with Crippen molar-refractivity contribution in [3.63, 3.8) is 0 Å². The lowest BCUT2D eigenvalue weighted by Crippen LogP contribution is -2.35. The topological polar surface area (TPSA) is 149 Å². The number of hydrogen-bond donors (Lipinski definition) is 3. The minimum absolute atomic E-state index is 0.0562. The van der Waals surface area contributed by atoms with E-state index in [2.05, 4.69) is 25.6 Å². The van der Waals surface area contributed by atoms with Gasteiger partial charge in [-0.3, -0.25) is 15.6 Å². The number of sulfonamides is 1. The summed E-state index contributed by atoms with van der Waals surface area (Å²) in [7, 11) is -3.04. The van der Waals surface area contributed by atoms with E-state index in [0.717, 1.165) is 0 Å². The third-order valence-corrected chi connectivity index (χ3v) is 4.85.